The van der Waals surface area contributed by atoms with Gasteiger partial charge in [-0.25, -0.2) is 9.97 Å². The number of amides is 3. The first-order valence-corrected chi connectivity index (χ1v) is 11.5. The van der Waals surface area contributed by atoms with Gasteiger partial charge in [0.2, 0.25) is 23.5 Å². The second-order valence-corrected chi connectivity index (χ2v) is 8.95. The van der Waals surface area contributed by atoms with Crippen LogP contribution in [0.5, 0.6) is 5.88 Å². The number of methoxy groups -OCH3 is 1. The molecule has 3 aromatic rings. The maximum atomic E-state index is 13.2. The number of hydrogen-bond acceptors (Lipinski definition) is 7. The first kappa shape index (κ1) is 24.2. The molecule has 0 bridgehead atoms. The van der Waals surface area contributed by atoms with E-state index in [0.29, 0.717) is 48.5 Å². The minimum Gasteiger partial charge on any atom is -0.481 e. The van der Waals surface area contributed by atoms with Crippen molar-refractivity contribution in [1.82, 2.24) is 14.9 Å². The van der Waals surface area contributed by atoms with E-state index in [4.69, 9.17) is 9.15 Å². The van der Waals surface area contributed by atoms with E-state index in [0.717, 1.165) is 5.56 Å². The van der Waals surface area contributed by atoms with E-state index in [1.165, 1.54) is 7.11 Å². The Labute approximate surface area is 203 Å². The standard InChI is InChI=1S/C25H29N5O5/c1-14-5-11-18(26-13-14)27-24(32)22-21(20-17(35-22)10-12-19(28-20)34-4)29-23(31)15-6-8-16(9-7-15)25(33)30(2)3/h5,10-13,15-16H,6-9H2,1-4H3,(H,29,31)(H,26,27,32)/t15-,16-. The van der Waals surface area contributed by atoms with Crippen LogP contribution in [0, 0.1) is 18.8 Å². The Morgan fingerprint density at radius 2 is 1.74 bits per heavy atom. The number of pyridine rings is 2. The van der Waals surface area contributed by atoms with Gasteiger partial charge in [-0.15, -0.1) is 0 Å². The molecule has 2 N–H and O–H groups in total. The molecular weight excluding hydrogens is 450 g/mol. The summed E-state index contributed by atoms with van der Waals surface area (Å²) in [6.45, 7) is 1.90. The molecule has 35 heavy (non-hydrogen) atoms. The van der Waals surface area contributed by atoms with Crippen molar-refractivity contribution in [3.63, 3.8) is 0 Å². The Balaban J connectivity index is 1.58. The van der Waals surface area contributed by atoms with E-state index >= 15 is 0 Å². The molecule has 10 heteroatoms. The lowest BCUT2D eigenvalue weighted by Crippen LogP contribution is -2.35. The normalized spacial score (nSPS) is 17.6. The highest BCUT2D eigenvalue weighted by Crippen LogP contribution is 2.35. The number of furan rings is 1. The molecule has 0 aliphatic heterocycles. The Bertz CT molecular complexity index is 1240. The molecule has 1 aliphatic rings. The van der Waals surface area contributed by atoms with Crippen LogP contribution in [0.25, 0.3) is 11.1 Å². The van der Waals surface area contributed by atoms with Crippen LogP contribution in [-0.2, 0) is 9.59 Å². The monoisotopic (exact) mass is 479 g/mol. The maximum absolute atomic E-state index is 13.2. The predicted molar refractivity (Wildman–Crippen MR) is 130 cm³/mol. The van der Waals surface area contributed by atoms with E-state index < -0.39 is 5.91 Å². The summed E-state index contributed by atoms with van der Waals surface area (Å²) in [4.78, 5) is 48.7. The third kappa shape index (κ3) is 5.26. The fourth-order valence-electron chi connectivity index (χ4n) is 4.26. The third-order valence-corrected chi connectivity index (χ3v) is 6.21. The first-order valence-electron chi connectivity index (χ1n) is 11.5. The number of fused-ring (bicyclic) bond motifs is 1. The van der Waals surface area contributed by atoms with Gasteiger partial charge in [0.1, 0.15) is 17.0 Å². The Morgan fingerprint density at radius 3 is 2.37 bits per heavy atom. The number of rotatable bonds is 6. The number of hydrogen-bond donors (Lipinski definition) is 2. The van der Waals surface area contributed by atoms with Gasteiger partial charge in [0, 0.05) is 38.2 Å². The number of anilines is 2. The fraction of sp³-hybridized carbons (Fsp3) is 0.400. The van der Waals surface area contributed by atoms with Crippen LogP contribution in [0.4, 0.5) is 11.5 Å². The number of aromatic nitrogens is 2. The van der Waals surface area contributed by atoms with Gasteiger partial charge < -0.3 is 24.7 Å². The zero-order chi connectivity index (χ0) is 25.1. The van der Waals surface area contributed by atoms with Crippen molar-refractivity contribution in [1.29, 1.82) is 0 Å². The van der Waals surface area contributed by atoms with Crippen LogP contribution in [-0.4, -0.2) is 53.8 Å². The molecule has 3 amide bonds. The summed E-state index contributed by atoms with van der Waals surface area (Å²) in [5.74, 6) is -0.469. The summed E-state index contributed by atoms with van der Waals surface area (Å²) < 4.78 is 11.0. The highest BCUT2D eigenvalue weighted by Gasteiger charge is 2.32. The van der Waals surface area contributed by atoms with Gasteiger partial charge in [0.15, 0.2) is 5.58 Å². The Kier molecular flexibility index (Phi) is 6.99. The third-order valence-electron chi connectivity index (χ3n) is 6.21. The second kappa shape index (κ2) is 10.1. The molecule has 184 valence electrons. The molecule has 3 heterocycles. The molecule has 0 spiro atoms. The van der Waals surface area contributed by atoms with E-state index in [-0.39, 0.29) is 35.1 Å². The lowest BCUT2D eigenvalue weighted by atomic mass is 9.81. The molecule has 10 nitrogen and oxygen atoms in total. The summed E-state index contributed by atoms with van der Waals surface area (Å²) >= 11 is 0. The maximum Gasteiger partial charge on any atom is 0.294 e. The van der Waals surface area contributed by atoms with Crippen molar-refractivity contribution in [2.45, 2.75) is 32.6 Å². The van der Waals surface area contributed by atoms with Crippen LogP contribution in [0.2, 0.25) is 0 Å². The van der Waals surface area contributed by atoms with E-state index in [1.54, 1.807) is 43.4 Å². The number of nitrogens with zero attached hydrogens (tertiary/aromatic N) is 3. The quantitative estimate of drug-likeness (QED) is 0.553. The highest BCUT2D eigenvalue weighted by molar-refractivity contribution is 6.13. The molecule has 1 fully saturated rings. The highest BCUT2D eigenvalue weighted by atomic mass is 16.5. The van der Waals surface area contributed by atoms with Gasteiger partial charge in [-0.1, -0.05) is 6.07 Å². The molecule has 3 aromatic heterocycles. The molecule has 0 saturated heterocycles. The summed E-state index contributed by atoms with van der Waals surface area (Å²) in [6, 6.07) is 6.76. The average molecular weight is 480 g/mol. The topological polar surface area (TPSA) is 127 Å². The van der Waals surface area contributed by atoms with Crippen molar-refractivity contribution >= 4 is 40.3 Å². The number of carbonyl (C=O) groups is 3. The van der Waals surface area contributed by atoms with Crippen molar-refractivity contribution in [3.8, 4) is 5.88 Å². The molecular formula is C25H29N5O5. The van der Waals surface area contributed by atoms with Crippen molar-refractivity contribution < 1.29 is 23.5 Å². The molecule has 0 radical (unpaired) electrons. The van der Waals surface area contributed by atoms with Crippen LogP contribution in [0.15, 0.2) is 34.9 Å². The molecule has 1 saturated carbocycles. The zero-order valence-corrected chi connectivity index (χ0v) is 20.3. The van der Waals surface area contributed by atoms with Crippen molar-refractivity contribution in [2.75, 3.05) is 31.8 Å². The van der Waals surface area contributed by atoms with E-state index in [2.05, 4.69) is 20.6 Å². The van der Waals surface area contributed by atoms with Crippen molar-refractivity contribution in [2.24, 2.45) is 11.8 Å². The SMILES string of the molecule is COc1ccc2oc(C(=O)Nc3ccc(C)cn3)c(NC(=O)[C@H]3CC[C@H](C(=O)N(C)C)CC3)c2n1. The summed E-state index contributed by atoms with van der Waals surface area (Å²) in [5.41, 5.74) is 1.79. The summed E-state index contributed by atoms with van der Waals surface area (Å²) in [6.07, 6.45) is 4.08. The van der Waals surface area contributed by atoms with E-state index in [1.807, 2.05) is 13.0 Å². The lowest BCUT2D eigenvalue weighted by Gasteiger charge is -2.28. The van der Waals surface area contributed by atoms with Crippen LogP contribution in [0.1, 0.15) is 41.8 Å². The van der Waals surface area contributed by atoms with Crippen molar-refractivity contribution in [3.05, 3.63) is 41.8 Å². The zero-order valence-electron chi connectivity index (χ0n) is 20.3. The smallest absolute Gasteiger partial charge is 0.294 e. The number of nitrogens with one attached hydrogen (secondary N) is 2. The minimum atomic E-state index is -0.561. The molecule has 0 atom stereocenters. The largest absolute Gasteiger partial charge is 0.481 e. The van der Waals surface area contributed by atoms with Crippen LogP contribution < -0.4 is 15.4 Å². The van der Waals surface area contributed by atoms with Gasteiger partial charge in [-0.3, -0.25) is 14.4 Å². The minimum absolute atomic E-state index is 0.0712. The fourth-order valence-corrected chi connectivity index (χ4v) is 4.26. The Hall–Kier alpha value is -3.95. The van der Waals surface area contributed by atoms with Crippen LogP contribution >= 0.6 is 0 Å². The van der Waals surface area contributed by atoms with Gasteiger partial charge in [0.05, 0.1) is 7.11 Å². The van der Waals surface area contributed by atoms with Gasteiger partial charge in [-0.05, 0) is 50.3 Å². The number of carbonyl (C=O) groups excluding carboxylic acids is 3. The molecule has 0 unspecified atom stereocenters. The molecule has 0 aromatic carbocycles. The summed E-state index contributed by atoms with van der Waals surface area (Å²) in [5, 5.41) is 5.57. The van der Waals surface area contributed by atoms with Crippen LogP contribution in [0.3, 0.4) is 0 Å². The average Bonchev–Trinajstić information content (AvgIpc) is 3.22. The van der Waals surface area contributed by atoms with Gasteiger partial charge in [0.25, 0.3) is 5.91 Å². The second-order valence-electron chi connectivity index (χ2n) is 8.95. The first-order chi connectivity index (χ1) is 16.8. The lowest BCUT2D eigenvalue weighted by molar-refractivity contribution is -0.135. The number of ether oxygens (including phenoxy) is 1. The Morgan fingerprint density at radius 1 is 1.03 bits per heavy atom. The van der Waals surface area contributed by atoms with Gasteiger partial charge in [-0.2, -0.15) is 0 Å². The molecule has 4 rings (SSSR count). The predicted octanol–water partition coefficient (Wildman–Crippen LogP) is 3.63. The molecule has 1 aliphatic carbocycles. The van der Waals surface area contributed by atoms with E-state index in [9.17, 15) is 14.4 Å². The number of aryl methyl sites for hydroxylation is 1. The summed E-state index contributed by atoms with van der Waals surface area (Å²) in [7, 11) is 4.97. The van der Waals surface area contributed by atoms with Gasteiger partial charge >= 0.3 is 0 Å².